The van der Waals surface area contributed by atoms with Crippen LogP contribution in [0, 0.1) is 27.7 Å². The smallest absolute Gasteiger partial charge is 1.00 e. The zero-order chi connectivity index (χ0) is 50.3. The van der Waals surface area contributed by atoms with E-state index in [1.54, 1.807) is 0 Å². The number of hydrogen-bond acceptors (Lipinski definition) is 1. The molecule has 0 saturated carbocycles. The predicted molar refractivity (Wildman–Crippen MR) is 325 cm³/mol. The Morgan fingerprint density at radius 3 is 0.921 bits per heavy atom. The van der Waals surface area contributed by atoms with Crippen molar-refractivity contribution in [1.82, 2.24) is 0 Å². The van der Waals surface area contributed by atoms with E-state index in [-0.39, 0.29) is 50.3 Å². The summed E-state index contributed by atoms with van der Waals surface area (Å²) < 4.78 is 0. The first-order chi connectivity index (χ1) is 35.7. The van der Waals surface area contributed by atoms with E-state index in [2.05, 4.69) is 295 Å². The van der Waals surface area contributed by atoms with E-state index < -0.39 is 23.8 Å². The van der Waals surface area contributed by atoms with Crippen LogP contribution >= 0.6 is 23.8 Å². The molecule has 0 heterocycles. The number of nitrogens with two attached hydrogens (primary N) is 1. The van der Waals surface area contributed by atoms with Gasteiger partial charge in [-0.1, -0.05) is 283 Å². The summed E-state index contributed by atoms with van der Waals surface area (Å²) in [5, 5.41) is 16.1. The molecule has 2 atom stereocenters. The molecule has 0 bridgehead atoms. The second-order valence-electron chi connectivity index (χ2n) is 19.1. The third-order valence-electron chi connectivity index (χ3n) is 13.7. The Kier molecular flexibility index (Phi) is 20.7. The largest absolute Gasteiger partial charge is 2.00 e. The van der Waals surface area contributed by atoms with Gasteiger partial charge in [-0.3, -0.25) is 0 Å². The number of halogens is 2. The van der Waals surface area contributed by atoms with Gasteiger partial charge in [0.25, 0.3) is 0 Å². The van der Waals surface area contributed by atoms with Gasteiger partial charge in [-0.15, -0.1) is 0 Å². The van der Waals surface area contributed by atoms with Crippen LogP contribution in [0.3, 0.4) is 0 Å². The van der Waals surface area contributed by atoms with Gasteiger partial charge in [0.05, 0.1) is 0 Å². The average Bonchev–Trinajstić information content (AvgIpc) is 3.43. The maximum absolute atomic E-state index is 6.46. The summed E-state index contributed by atoms with van der Waals surface area (Å²) >= 11 is 0. The summed E-state index contributed by atoms with van der Waals surface area (Å²) in [6, 6.07) is 97.0. The topological polar surface area (TPSA) is 26.0 Å². The second kappa shape index (κ2) is 27.1. The Labute approximate surface area is 480 Å². The molecule has 2 N–H and O–H groups in total. The Balaban J connectivity index is 0.000000273. The summed E-state index contributed by atoms with van der Waals surface area (Å²) in [7, 11) is -2.33. The van der Waals surface area contributed by atoms with Crippen LogP contribution in [-0.4, -0.2) is 6.04 Å². The number of aryl methyl sites for hydroxylation is 4. The van der Waals surface area contributed by atoms with Gasteiger partial charge in [0, 0.05) is 11.7 Å². The standard InChI is InChI=1S/C48H40P2.C21H22NP.2ClH.Ru/c1-33-13-23-39(24-14-33)49(40-25-15-34(2)16-26-40)45-31-21-37-9-5-7-11-43(37)47(45)48-44-12-8-6-10-38(44)22-32-46(48)50(41-27-17-35(3)18-28-41)42-29-19-36(4)20-30-42;1-17(22)21(18-11-5-2-6-12-18)23(19-13-7-3-8-14-19)20-15-9-4-10-16-20;;;/h5-32H,1-4H3;2-17,21H,22H2,1H3;2*1H;/q;;;;+2/p-2/t;17-,21+;;;/m.1.../s1. The maximum atomic E-state index is 6.46. The van der Waals surface area contributed by atoms with Crippen molar-refractivity contribution in [1.29, 1.82) is 0 Å². The molecule has 0 aliphatic rings. The molecule has 0 fully saturated rings. The molecular formula is C69H62Cl2NP3Ru. The normalized spacial score (nSPS) is 11.8. The Hall–Kier alpha value is -5.61. The summed E-state index contributed by atoms with van der Waals surface area (Å²) in [5.41, 5.74) is 15.9. The van der Waals surface area contributed by atoms with Gasteiger partial charge in [-0.25, -0.2) is 0 Å². The van der Waals surface area contributed by atoms with Crippen LogP contribution in [0.1, 0.15) is 40.4 Å². The van der Waals surface area contributed by atoms with Crippen LogP contribution in [0.4, 0.5) is 0 Å². The fraction of sp³-hybridized carbons (Fsp3) is 0.101. The van der Waals surface area contributed by atoms with E-state index in [0.717, 1.165) is 0 Å². The summed E-state index contributed by atoms with van der Waals surface area (Å²) in [5.74, 6) is 0. The maximum Gasteiger partial charge on any atom is 2.00 e. The van der Waals surface area contributed by atoms with Crippen LogP contribution in [-0.2, 0) is 19.5 Å². The third-order valence-corrected chi connectivity index (χ3v) is 21.7. The van der Waals surface area contributed by atoms with Gasteiger partial charge in [0.15, 0.2) is 0 Å². The van der Waals surface area contributed by atoms with E-state index in [0.29, 0.717) is 5.66 Å². The van der Waals surface area contributed by atoms with Crippen LogP contribution < -0.4 is 73.0 Å². The van der Waals surface area contributed by atoms with Crippen molar-refractivity contribution in [3.63, 3.8) is 0 Å². The van der Waals surface area contributed by atoms with Crippen molar-refractivity contribution in [2.75, 3.05) is 0 Å². The summed E-state index contributed by atoms with van der Waals surface area (Å²) in [4.78, 5) is 0. The number of benzene rings is 11. The van der Waals surface area contributed by atoms with E-state index in [9.17, 15) is 0 Å². The Morgan fingerprint density at radius 1 is 0.316 bits per heavy atom. The van der Waals surface area contributed by atoms with Crippen molar-refractivity contribution in [3.05, 3.63) is 289 Å². The van der Waals surface area contributed by atoms with Crippen molar-refractivity contribution < 1.29 is 44.3 Å². The molecule has 11 aromatic carbocycles. The quantitative estimate of drug-likeness (QED) is 0.0964. The number of fused-ring (bicyclic) bond motifs is 2. The first kappa shape index (κ1) is 58.1. The molecule has 0 radical (unpaired) electrons. The molecular weight excluding hydrogens is 1110 g/mol. The number of hydrogen-bond donors (Lipinski definition) is 1. The van der Waals surface area contributed by atoms with Gasteiger partial charge in [0.1, 0.15) is 0 Å². The minimum atomic E-state index is -0.885. The van der Waals surface area contributed by atoms with Gasteiger partial charge >= 0.3 is 19.5 Å². The van der Waals surface area contributed by atoms with Crippen molar-refractivity contribution in [3.8, 4) is 11.1 Å². The van der Waals surface area contributed by atoms with E-state index >= 15 is 0 Å². The molecule has 0 aliphatic carbocycles. The van der Waals surface area contributed by atoms with Crippen LogP contribution in [0.2, 0.25) is 0 Å². The van der Waals surface area contributed by atoms with Crippen LogP contribution in [0.15, 0.2) is 261 Å². The van der Waals surface area contributed by atoms with Gasteiger partial charge in [0.2, 0.25) is 0 Å². The minimum absolute atomic E-state index is 0. The predicted octanol–water partition coefficient (Wildman–Crippen LogP) is 8.62. The van der Waals surface area contributed by atoms with Gasteiger partial charge < -0.3 is 30.5 Å². The Morgan fingerprint density at radius 2 is 0.605 bits per heavy atom. The molecule has 0 spiro atoms. The van der Waals surface area contributed by atoms with Crippen LogP contribution in [0.25, 0.3) is 32.7 Å². The van der Waals surface area contributed by atoms with E-state index in [4.69, 9.17) is 5.73 Å². The molecule has 0 aliphatic heterocycles. The van der Waals surface area contributed by atoms with E-state index in [1.165, 1.54) is 103 Å². The van der Waals surface area contributed by atoms with Crippen molar-refractivity contribution in [2.45, 2.75) is 46.3 Å². The summed E-state index contributed by atoms with van der Waals surface area (Å²) in [6.45, 7) is 10.8. The molecule has 380 valence electrons. The minimum Gasteiger partial charge on any atom is -1.00 e. The van der Waals surface area contributed by atoms with Crippen molar-refractivity contribution >= 4 is 87.7 Å². The first-order valence-electron chi connectivity index (χ1n) is 25.3. The second-order valence-corrected chi connectivity index (χ2v) is 25.8. The van der Waals surface area contributed by atoms with E-state index in [1.807, 2.05) is 0 Å². The average molecular weight is 1170 g/mol. The molecule has 0 unspecified atom stereocenters. The van der Waals surface area contributed by atoms with Crippen molar-refractivity contribution in [2.24, 2.45) is 5.73 Å². The molecule has 1 nitrogen and oxygen atoms in total. The molecule has 0 amide bonds. The molecule has 11 aromatic rings. The van der Waals surface area contributed by atoms with Gasteiger partial charge in [-0.2, -0.15) is 0 Å². The third kappa shape index (κ3) is 13.0. The molecule has 7 heteroatoms. The molecule has 0 aromatic heterocycles. The fourth-order valence-corrected chi connectivity index (χ4v) is 17.8. The fourth-order valence-electron chi connectivity index (χ4n) is 10.0. The summed E-state index contributed by atoms with van der Waals surface area (Å²) in [6.07, 6.45) is 0. The van der Waals surface area contributed by atoms with Crippen LogP contribution in [0.5, 0.6) is 0 Å². The first-order valence-corrected chi connectivity index (χ1v) is 29.4. The monoisotopic (exact) mass is 1170 g/mol. The SMILES string of the molecule is C[C@@H](N)[C@@H](c1ccccc1)P(c1ccccc1)c1ccccc1.Cc1ccc(P(c2ccc(C)cc2)c2ccc3ccccc3c2-c2c(P(c3ccc(C)cc3)c3ccc(C)cc3)ccc3ccccc23)cc1.[Cl-].[Cl-].[Ru+2]. The zero-order valence-electron chi connectivity index (χ0n) is 43.5. The zero-order valence-corrected chi connectivity index (χ0v) is 49.4. The molecule has 76 heavy (non-hydrogen) atoms. The van der Waals surface area contributed by atoms with Gasteiger partial charge in [-0.05, 0) is 139 Å². The number of rotatable bonds is 12. The molecule has 0 saturated heterocycles. The molecule has 11 rings (SSSR count). The Bertz CT molecular complexity index is 3270.